The number of nitrogens with zero attached hydrogens (tertiary/aromatic N) is 1. The SMILES string of the molecule is COCCCN1C(=O)C(=O)/C(=C(/O)c2ccc(C)cc2)[C@H]1c1ccc(C(C)C)cc1. The van der Waals surface area contributed by atoms with Gasteiger partial charge in [-0.15, -0.1) is 0 Å². The summed E-state index contributed by atoms with van der Waals surface area (Å²) in [6, 6.07) is 14.6. The summed E-state index contributed by atoms with van der Waals surface area (Å²) in [5, 5.41) is 11.0. The van der Waals surface area contributed by atoms with Crippen LogP contribution in [0.15, 0.2) is 54.1 Å². The molecule has 5 nitrogen and oxygen atoms in total. The second-order valence-electron chi connectivity index (χ2n) is 8.03. The van der Waals surface area contributed by atoms with Gasteiger partial charge in [0.15, 0.2) is 0 Å². The number of carbonyl (C=O) groups excluding carboxylic acids is 2. The Bertz CT molecular complexity index is 942. The number of likely N-dealkylation sites (tertiary alicyclic amines) is 1. The van der Waals surface area contributed by atoms with E-state index in [1.54, 1.807) is 24.1 Å². The van der Waals surface area contributed by atoms with Crippen molar-refractivity contribution in [2.75, 3.05) is 20.3 Å². The van der Waals surface area contributed by atoms with Crippen molar-refractivity contribution in [3.63, 3.8) is 0 Å². The zero-order valence-electron chi connectivity index (χ0n) is 18.0. The summed E-state index contributed by atoms with van der Waals surface area (Å²) >= 11 is 0. The molecule has 0 spiro atoms. The molecule has 158 valence electrons. The number of ether oxygens (including phenoxy) is 1. The van der Waals surface area contributed by atoms with Gasteiger partial charge in [0.1, 0.15) is 5.76 Å². The Morgan fingerprint density at radius 2 is 1.70 bits per heavy atom. The molecule has 30 heavy (non-hydrogen) atoms. The summed E-state index contributed by atoms with van der Waals surface area (Å²) in [7, 11) is 1.60. The molecule has 1 amide bonds. The first-order valence-corrected chi connectivity index (χ1v) is 10.3. The van der Waals surface area contributed by atoms with Crippen LogP contribution in [-0.2, 0) is 14.3 Å². The van der Waals surface area contributed by atoms with Crippen LogP contribution in [-0.4, -0.2) is 42.0 Å². The molecule has 1 heterocycles. The zero-order chi connectivity index (χ0) is 21.8. The maximum atomic E-state index is 12.9. The molecular weight excluding hydrogens is 378 g/mol. The quantitative estimate of drug-likeness (QED) is 0.316. The minimum Gasteiger partial charge on any atom is -0.507 e. The summed E-state index contributed by atoms with van der Waals surface area (Å²) in [4.78, 5) is 27.3. The van der Waals surface area contributed by atoms with Crippen molar-refractivity contribution < 1.29 is 19.4 Å². The van der Waals surface area contributed by atoms with Crippen LogP contribution in [0.4, 0.5) is 0 Å². The number of aryl methyl sites for hydroxylation is 1. The van der Waals surface area contributed by atoms with Gasteiger partial charge in [-0.25, -0.2) is 0 Å². The molecular formula is C25H29NO4. The summed E-state index contributed by atoms with van der Waals surface area (Å²) < 4.78 is 5.12. The molecule has 1 fully saturated rings. The van der Waals surface area contributed by atoms with Crippen LogP contribution in [0.3, 0.4) is 0 Å². The third-order valence-corrected chi connectivity index (χ3v) is 5.53. The van der Waals surface area contributed by atoms with E-state index in [0.717, 1.165) is 11.1 Å². The Labute approximate surface area is 178 Å². The van der Waals surface area contributed by atoms with E-state index in [1.165, 1.54) is 5.56 Å². The molecule has 2 aromatic carbocycles. The number of amides is 1. The van der Waals surface area contributed by atoms with Crippen LogP contribution in [0, 0.1) is 6.92 Å². The average Bonchev–Trinajstić information content (AvgIpc) is 2.99. The fourth-order valence-corrected chi connectivity index (χ4v) is 3.77. The van der Waals surface area contributed by atoms with Gasteiger partial charge < -0.3 is 14.7 Å². The van der Waals surface area contributed by atoms with E-state index in [1.807, 2.05) is 43.3 Å². The van der Waals surface area contributed by atoms with Gasteiger partial charge in [0.25, 0.3) is 11.7 Å². The van der Waals surface area contributed by atoms with E-state index in [9.17, 15) is 14.7 Å². The Morgan fingerprint density at radius 3 is 2.27 bits per heavy atom. The molecule has 5 heteroatoms. The van der Waals surface area contributed by atoms with E-state index in [0.29, 0.717) is 31.1 Å². The van der Waals surface area contributed by atoms with Crippen LogP contribution in [0.25, 0.3) is 5.76 Å². The number of carbonyl (C=O) groups is 2. The van der Waals surface area contributed by atoms with Gasteiger partial charge >= 0.3 is 0 Å². The van der Waals surface area contributed by atoms with E-state index in [-0.39, 0.29) is 11.3 Å². The smallest absolute Gasteiger partial charge is 0.295 e. The van der Waals surface area contributed by atoms with E-state index in [2.05, 4.69) is 13.8 Å². The third kappa shape index (κ3) is 4.31. The van der Waals surface area contributed by atoms with Crippen LogP contribution in [0.2, 0.25) is 0 Å². The minimum atomic E-state index is -0.650. The normalized spacial score (nSPS) is 18.4. The molecule has 2 aromatic rings. The highest BCUT2D eigenvalue weighted by molar-refractivity contribution is 6.46. The van der Waals surface area contributed by atoms with Crippen molar-refractivity contribution >= 4 is 17.4 Å². The number of hydrogen-bond acceptors (Lipinski definition) is 4. The second-order valence-corrected chi connectivity index (χ2v) is 8.03. The number of rotatable bonds is 7. The van der Waals surface area contributed by atoms with Gasteiger partial charge in [0.2, 0.25) is 0 Å². The van der Waals surface area contributed by atoms with Crippen LogP contribution >= 0.6 is 0 Å². The lowest BCUT2D eigenvalue weighted by atomic mass is 9.93. The standard InChI is InChI=1S/C25H29NO4/c1-16(2)18-10-12-19(13-11-18)22-21(23(27)20-8-6-17(3)7-9-20)24(28)25(29)26(22)14-5-15-30-4/h6-13,16,22,27H,5,14-15H2,1-4H3/b23-21+/t22-/m1/s1. The second kappa shape index (κ2) is 9.26. The van der Waals surface area contributed by atoms with Crippen molar-refractivity contribution in [1.82, 2.24) is 4.90 Å². The highest BCUT2D eigenvalue weighted by Gasteiger charge is 2.45. The third-order valence-electron chi connectivity index (χ3n) is 5.53. The van der Waals surface area contributed by atoms with E-state index < -0.39 is 17.7 Å². The van der Waals surface area contributed by atoms with Crippen molar-refractivity contribution in [3.8, 4) is 0 Å². The molecule has 1 saturated heterocycles. The number of ketones is 1. The first kappa shape index (κ1) is 21.8. The zero-order valence-corrected chi connectivity index (χ0v) is 18.0. The molecule has 0 aromatic heterocycles. The molecule has 1 aliphatic rings. The monoisotopic (exact) mass is 407 g/mol. The molecule has 0 radical (unpaired) electrons. The number of aliphatic hydroxyl groups excluding tert-OH is 1. The van der Waals surface area contributed by atoms with Gasteiger partial charge in [0, 0.05) is 25.8 Å². The van der Waals surface area contributed by atoms with E-state index >= 15 is 0 Å². The predicted molar refractivity (Wildman–Crippen MR) is 117 cm³/mol. The summed E-state index contributed by atoms with van der Waals surface area (Å²) in [6.45, 7) is 7.04. The Hall–Kier alpha value is -2.92. The molecule has 0 saturated carbocycles. The Kier molecular flexibility index (Phi) is 6.73. The molecule has 0 aliphatic carbocycles. The topological polar surface area (TPSA) is 66.8 Å². The number of benzene rings is 2. The van der Waals surface area contributed by atoms with Crippen LogP contribution in [0.5, 0.6) is 0 Å². The molecule has 0 bridgehead atoms. The summed E-state index contributed by atoms with van der Waals surface area (Å²) in [6.07, 6.45) is 0.606. The lowest BCUT2D eigenvalue weighted by Gasteiger charge is -2.25. The molecule has 1 aliphatic heterocycles. The molecule has 1 N–H and O–H groups in total. The highest BCUT2D eigenvalue weighted by Crippen LogP contribution is 2.39. The van der Waals surface area contributed by atoms with Gasteiger partial charge in [-0.05, 0) is 30.4 Å². The predicted octanol–water partition coefficient (Wildman–Crippen LogP) is 4.58. The number of methoxy groups -OCH3 is 1. The maximum absolute atomic E-state index is 12.9. The Balaban J connectivity index is 2.10. The Morgan fingerprint density at radius 1 is 1.07 bits per heavy atom. The van der Waals surface area contributed by atoms with Crippen molar-refractivity contribution in [1.29, 1.82) is 0 Å². The first-order valence-electron chi connectivity index (χ1n) is 10.3. The fraction of sp³-hybridized carbons (Fsp3) is 0.360. The molecule has 0 unspecified atom stereocenters. The average molecular weight is 408 g/mol. The van der Waals surface area contributed by atoms with Gasteiger partial charge in [-0.3, -0.25) is 9.59 Å². The number of Topliss-reactive ketones (excluding diaryl/α,β-unsaturated/α-hetero) is 1. The summed E-state index contributed by atoms with van der Waals surface area (Å²) in [5.41, 5.74) is 3.70. The molecule has 3 rings (SSSR count). The number of hydrogen-bond donors (Lipinski definition) is 1. The lowest BCUT2D eigenvalue weighted by molar-refractivity contribution is -0.140. The lowest BCUT2D eigenvalue weighted by Crippen LogP contribution is -2.31. The molecule has 1 atom stereocenters. The fourth-order valence-electron chi connectivity index (χ4n) is 3.77. The van der Waals surface area contributed by atoms with Gasteiger partial charge in [-0.2, -0.15) is 0 Å². The number of aliphatic hydroxyl groups is 1. The van der Waals surface area contributed by atoms with E-state index in [4.69, 9.17) is 4.74 Å². The van der Waals surface area contributed by atoms with Crippen molar-refractivity contribution in [3.05, 3.63) is 76.4 Å². The first-order chi connectivity index (χ1) is 14.3. The maximum Gasteiger partial charge on any atom is 0.295 e. The van der Waals surface area contributed by atoms with Gasteiger partial charge in [-0.1, -0.05) is 67.9 Å². The van der Waals surface area contributed by atoms with Crippen LogP contribution < -0.4 is 0 Å². The van der Waals surface area contributed by atoms with Crippen LogP contribution in [0.1, 0.15) is 54.5 Å². The summed E-state index contributed by atoms with van der Waals surface area (Å²) in [5.74, 6) is -0.999. The van der Waals surface area contributed by atoms with Crippen molar-refractivity contribution in [2.45, 2.75) is 39.2 Å². The van der Waals surface area contributed by atoms with Crippen molar-refractivity contribution in [2.24, 2.45) is 0 Å². The largest absolute Gasteiger partial charge is 0.507 e. The van der Waals surface area contributed by atoms with Gasteiger partial charge in [0.05, 0.1) is 11.6 Å². The minimum absolute atomic E-state index is 0.138. The highest BCUT2D eigenvalue weighted by atomic mass is 16.5.